The zero-order chi connectivity index (χ0) is 19.4. The second-order valence-corrected chi connectivity index (χ2v) is 7.89. The molecule has 3 aromatic rings. The summed E-state index contributed by atoms with van der Waals surface area (Å²) in [6.45, 7) is 5.80. The van der Waals surface area contributed by atoms with Gasteiger partial charge in [0.15, 0.2) is 0 Å². The molecule has 5 nitrogen and oxygen atoms in total. The largest absolute Gasteiger partial charge is 0.351 e. The van der Waals surface area contributed by atoms with Crippen LogP contribution in [0.15, 0.2) is 54.9 Å². The highest BCUT2D eigenvalue weighted by Gasteiger charge is 2.21. The summed E-state index contributed by atoms with van der Waals surface area (Å²) in [6.07, 6.45) is 3.46. The molecule has 1 amide bonds. The van der Waals surface area contributed by atoms with Gasteiger partial charge in [-0.2, -0.15) is 0 Å². The van der Waals surface area contributed by atoms with Crippen LogP contribution in [-0.4, -0.2) is 48.0 Å². The van der Waals surface area contributed by atoms with Gasteiger partial charge in [-0.3, -0.25) is 9.78 Å². The lowest BCUT2D eigenvalue weighted by molar-refractivity contribution is 0.0931. The van der Waals surface area contributed by atoms with E-state index < -0.39 is 0 Å². The lowest BCUT2D eigenvalue weighted by atomic mass is 9.92. The van der Waals surface area contributed by atoms with Gasteiger partial charge >= 0.3 is 0 Å². The Labute approximate surface area is 160 Å². The Morgan fingerprint density at radius 1 is 1.11 bits per heavy atom. The number of nitrogens with zero attached hydrogens (tertiary/aromatic N) is 3. The van der Waals surface area contributed by atoms with Gasteiger partial charge in [-0.05, 0) is 43.8 Å². The maximum Gasteiger partial charge on any atom is 0.252 e. The van der Waals surface area contributed by atoms with Crippen LogP contribution in [0.2, 0.25) is 0 Å². The number of amides is 1. The SMILES string of the molecule is CN(C)CC(C)(C)CNC(=O)c1cc(-c2ccncc2)nc2ccccc12. The predicted molar refractivity (Wildman–Crippen MR) is 110 cm³/mol. The third kappa shape index (κ3) is 4.68. The Morgan fingerprint density at radius 2 is 1.81 bits per heavy atom. The highest BCUT2D eigenvalue weighted by Crippen LogP contribution is 2.25. The molecule has 140 valence electrons. The highest BCUT2D eigenvalue weighted by atomic mass is 16.1. The fraction of sp³-hybridized carbons (Fsp3) is 0.318. The molecule has 0 bridgehead atoms. The first-order valence-corrected chi connectivity index (χ1v) is 9.09. The van der Waals surface area contributed by atoms with Crippen molar-refractivity contribution in [3.05, 3.63) is 60.4 Å². The molecular formula is C22H26N4O. The van der Waals surface area contributed by atoms with Crippen molar-refractivity contribution in [1.82, 2.24) is 20.2 Å². The summed E-state index contributed by atoms with van der Waals surface area (Å²) in [5.41, 5.74) is 3.15. The number of rotatable bonds is 6. The summed E-state index contributed by atoms with van der Waals surface area (Å²) < 4.78 is 0. The predicted octanol–water partition coefficient (Wildman–Crippen LogP) is 3.61. The summed E-state index contributed by atoms with van der Waals surface area (Å²) >= 11 is 0. The number of hydrogen-bond donors (Lipinski definition) is 1. The van der Waals surface area contributed by atoms with E-state index in [4.69, 9.17) is 4.98 Å². The van der Waals surface area contributed by atoms with E-state index in [0.29, 0.717) is 12.1 Å². The zero-order valence-electron chi connectivity index (χ0n) is 16.4. The first-order chi connectivity index (χ1) is 12.9. The van der Waals surface area contributed by atoms with E-state index in [1.807, 2.05) is 56.6 Å². The number of carbonyl (C=O) groups excluding carboxylic acids is 1. The first-order valence-electron chi connectivity index (χ1n) is 9.09. The summed E-state index contributed by atoms with van der Waals surface area (Å²) in [5, 5.41) is 3.97. The third-order valence-electron chi connectivity index (χ3n) is 4.41. The maximum absolute atomic E-state index is 13.0. The van der Waals surface area contributed by atoms with E-state index in [9.17, 15) is 4.79 Å². The van der Waals surface area contributed by atoms with Gasteiger partial charge < -0.3 is 10.2 Å². The average molecular weight is 362 g/mol. The van der Waals surface area contributed by atoms with Crippen LogP contribution in [0.25, 0.3) is 22.2 Å². The fourth-order valence-electron chi connectivity index (χ4n) is 3.36. The average Bonchev–Trinajstić information content (AvgIpc) is 2.65. The second kappa shape index (κ2) is 7.84. The number of carbonyl (C=O) groups is 1. The molecule has 0 unspecified atom stereocenters. The first kappa shape index (κ1) is 19.0. The van der Waals surface area contributed by atoms with Gasteiger partial charge in [0.2, 0.25) is 0 Å². The lowest BCUT2D eigenvalue weighted by Gasteiger charge is -2.28. The molecule has 0 aliphatic rings. The number of fused-ring (bicyclic) bond motifs is 1. The van der Waals surface area contributed by atoms with Crippen LogP contribution >= 0.6 is 0 Å². The summed E-state index contributed by atoms with van der Waals surface area (Å²) in [4.78, 5) is 23.9. The van der Waals surface area contributed by atoms with Gasteiger partial charge in [0.25, 0.3) is 5.91 Å². The Balaban J connectivity index is 1.94. The van der Waals surface area contributed by atoms with E-state index in [-0.39, 0.29) is 11.3 Å². The molecule has 0 saturated carbocycles. The molecule has 0 fully saturated rings. The number of benzene rings is 1. The maximum atomic E-state index is 13.0. The van der Waals surface area contributed by atoms with Crippen LogP contribution < -0.4 is 5.32 Å². The molecule has 27 heavy (non-hydrogen) atoms. The molecule has 0 spiro atoms. The van der Waals surface area contributed by atoms with Crippen LogP contribution in [-0.2, 0) is 0 Å². The van der Waals surface area contributed by atoms with Crippen LogP contribution in [0.3, 0.4) is 0 Å². The number of aromatic nitrogens is 2. The minimum Gasteiger partial charge on any atom is -0.351 e. The number of nitrogens with one attached hydrogen (secondary N) is 1. The van der Waals surface area contributed by atoms with Crippen LogP contribution in [0.4, 0.5) is 0 Å². The van der Waals surface area contributed by atoms with E-state index in [1.165, 1.54) is 0 Å². The molecule has 2 heterocycles. The normalized spacial score (nSPS) is 11.7. The van der Waals surface area contributed by atoms with Crippen molar-refractivity contribution in [3.63, 3.8) is 0 Å². The zero-order valence-corrected chi connectivity index (χ0v) is 16.4. The van der Waals surface area contributed by atoms with Crippen LogP contribution in [0.5, 0.6) is 0 Å². The molecular weight excluding hydrogens is 336 g/mol. The van der Waals surface area contributed by atoms with E-state index in [1.54, 1.807) is 12.4 Å². The molecule has 0 aliphatic carbocycles. The molecule has 0 aliphatic heterocycles. The van der Waals surface area contributed by atoms with Crippen molar-refractivity contribution in [2.45, 2.75) is 13.8 Å². The van der Waals surface area contributed by atoms with E-state index in [0.717, 1.165) is 28.7 Å². The van der Waals surface area contributed by atoms with Crippen molar-refractivity contribution >= 4 is 16.8 Å². The molecule has 0 radical (unpaired) electrons. The number of pyridine rings is 2. The molecule has 0 saturated heterocycles. The minimum atomic E-state index is -0.0734. The Kier molecular flexibility index (Phi) is 5.51. The monoisotopic (exact) mass is 362 g/mol. The molecule has 1 N–H and O–H groups in total. The summed E-state index contributed by atoms with van der Waals surface area (Å²) in [7, 11) is 4.09. The Bertz CT molecular complexity index is 935. The smallest absolute Gasteiger partial charge is 0.252 e. The number of para-hydroxylation sites is 1. The van der Waals surface area contributed by atoms with Gasteiger partial charge in [-0.25, -0.2) is 4.98 Å². The van der Waals surface area contributed by atoms with Crippen molar-refractivity contribution in [3.8, 4) is 11.3 Å². The van der Waals surface area contributed by atoms with Gasteiger partial charge in [0.05, 0.1) is 16.8 Å². The summed E-state index contributed by atoms with van der Waals surface area (Å²) in [6, 6.07) is 13.4. The topological polar surface area (TPSA) is 58.1 Å². The molecule has 3 rings (SSSR count). The number of hydrogen-bond acceptors (Lipinski definition) is 4. The van der Waals surface area contributed by atoms with Crippen LogP contribution in [0.1, 0.15) is 24.2 Å². The van der Waals surface area contributed by atoms with Crippen LogP contribution in [0, 0.1) is 5.41 Å². The molecule has 0 atom stereocenters. The second-order valence-electron chi connectivity index (χ2n) is 7.89. The van der Waals surface area contributed by atoms with Gasteiger partial charge in [0, 0.05) is 36.4 Å². The standard InChI is InChI=1S/C22H26N4O/c1-22(2,15-26(3)4)14-24-21(27)18-13-20(16-9-11-23-12-10-16)25-19-8-6-5-7-17(18)19/h5-13H,14-15H2,1-4H3,(H,24,27). The van der Waals surface area contributed by atoms with E-state index >= 15 is 0 Å². The van der Waals surface area contributed by atoms with Gasteiger partial charge in [-0.15, -0.1) is 0 Å². The van der Waals surface area contributed by atoms with Crippen molar-refractivity contribution in [2.75, 3.05) is 27.2 Å². The molecule has 2 aromatic heterocycles. The molecule has 5 heteroatoms. The van der Waals surface area contributed by atoms with Crippen molar-refractivity contribution in [2.24, 2.45) is 5.41 Å². The van der Waals surface area contributed by atoms with Gasteiger partial charge in [-0.1, -0.05) is 32.0 Å². The third-order valence-corrected chi connectivity index (χ3v) is 4.41. The van der Waals surface area contributed by atoms with Crippen molar-refractivity contribution < 1.29 is 4.79 Å². The van der Waals surface area contributed by atoms with Gasteiger partial charge in [0.1, 0.15) is 0 Å². The fourth-order valence-corrected chi connectivity index (χ4v) is 3.36. The minimum absolute atomic E-state index is 0.0179. The molecule has 1 aromatic carbocycles. The highest BCUT2D eigenvalue weighted by molar-refractivity contribution is 6.07. The Hall–Kier alpha value is -2.79. The quantitative estimate of drug-likeness (QED) is 0.728. The Morgan fingerprint density at radius 3 is 2.52 bits per heavy atom. The van der Waals surface area contributed by atoms with E-state index in [2.05, 4.69) is 29.0 Å². The van der Waals surface area contributed by atoms with Crippen molar-refractivity contribution in [1.29, 1.82) is 0 Å². The lowest BCUT2D eigenvalue weighted by Crippen LogP contribution is -2.40. The summed E-state index contributed by atoms with van der Waals surface area (Å²) in [5.74, 6) is -0.0734.